The lowest BCUT2D eigenvalue weighted by molar-refractivity contribution is 0.111. The van der Waals surface area contributed by atoms with Crippen molar-refractivity contribution in [1.82, 2.24) is 0 Å². The molecule has 0 spiro atoms. The first-order valence-electron chi connectivity index (χ1n) is 5.74. The van der Waals surface area contributed by atoms with E-state index in [0.29, 0.717) is 17.9 Å². The van der Waals surface area contributed by atoms with Crippen molar-refractivity contribution in [3.63, 3.8) is 0 Å². The second-order valence-electron chi connectivity index (χ2n) is 3.88. The van der Waals surface area contributed by atoms with Crippen molar-refractivity contribution in [2.24, 2.45) is 0 Å². The number of carbonyl (C=O) groups is 1. The van der Waals surface area contributed by atoms with Crippen molar-refractivity contribution >= 4 is 22.2 Å². The molecule has 2 aromatic rings. The average molecular weight is 321 g/mol. The van der Waals surface area contributed by atoms with E-state index >= 15 is 0 Å². The van der Waals surface area contributed by atoms with Gasteiger partial charge < -0.3 is 9.47 Å². The normalized spacial score (nSPS) is 10.0. The summed E-state index contributed by atoms with van der Waals surface area (Å²) in [5.74, 6) is 1.31. The lowest BCUT2D eigenvalue weighted by Crippen LogP contribution is -2.01. The number of aldehydes is 1. The summed E-state index contributed by atoms with van der Waals surface area (Å²) in [6, 6.07) is 13.0. The highest BCUT2D eigenvalue weighted by Crippen LogP contribution is 2.29. The van der Waals surface area contributed by atoms with Crippen LogP contribution < -0.4 is 9.47 Å². The minimum Gasteiger partial charge on any atom is -0.496 e. The zero-order valence-electron chi connectivity index (χ0n) is 10.4. The first-order valence-corrected chi connectivity index (χ1v) is 6.54. The van der Waals surface area contributed by atoms with Crippen LogP contribution in [0.25, 0.3) is 0 Å². The van der Waals surface area contributed by atoms with Gasteiger partial charge >= 0.3 is 0 Å². The third-order valence-electron chi connectivity index (χ3n) is 2.69. The Balaban J connectivity index is 2.21. The van der Waals surface area contributed by atoms with Gasteiger partial charge in [0, 0.05) is 5.56 Å². The van der Waals surface area contributed by atoms with Gasteiger partial charge in [0.05, 0.1) is 17.1 Å². The van der Waals surface area contributed by atoms with E-state index in [1.807, 2.05) is 30.3 Å². The molecule has 0 aromatic heterocycles. The van der Waals surface area contributed by atoms with Crippen molar-refractivity contribution < 1.29 is 14.3 Å². The summed E-state index contributed by atoms with van der Waals surface area (Å²) in [5, 5.41) is 0. The number of para-hydroxylation sites is 2. The molecule has 4 heteroatoms. The van der Waals surface area contributed by atoms with E-state index in [0.717, 1.165) is 22.1 Å². The molecule has 0 N–H and O–H groups in total. The fraction of sp³-hybridized carbons (Fsp3) is 0.133. The molecule has 0 saturated carbocycles. The molecule has 0 amide bonds. The van der Waals surface area contributed by atoms with Gasteiger partial charge in [0.25, 0.3) is 0 Å². The van der Waals surface area contributed by atoms with Crippen LogP contribution in [0.5, 0.6) is 11.5 Å². The van der Waals surface area contributed by atoms with E-state index < -0.39 is 0 Å². The van der Waals surface area contributed by atoms with Crippen LogP contribution in [-0.4, -0.2) is 13.4 Å². The molecule has 0 atom stereocenters. The molecule has 0 radical (unpaired) electrons. The Kier molecular flexibility index (Phi) is 4.58. The molecule has 0 fully saturated rings. The van der Waals surface area contributed by atoms with Crippen molar-refractivity contribution in [2.75, 3.05) is 7.11 Å². The largest absolute Gasteiger partial charge is 0.496 e. The third-order valence-corrected chi connectivity index (χ3v) is 3.31. The van der Waals surface area contributed by atoms with Gasteiger partial charge in [-0.2, -0.15) is 0 Å². The number of ether oxygens (including phenoxy) is 2. The summed E-state index contributed by atoms with van der Waals surface area (Å²) in [6.07, 6.45) is 0.780. The van der Waals surface area contributed by atoms with Crippen LogP contribution in [0.2, 0.25) is 0 Å². The summed E-state index contributed by atoms with van der Waals surface area (Å²) >= 11 is 3.38. The van der Waals surface area contributed by atoms with E-state index in [2.05, 4.69) is 15.9 Å². The van der Waals surface area contributed by atoms with Crippen molar-refractivity contribution in [3.8, 4) is 11.5 Å². The summed E-state index contributed by atoms with van der Waals surface area (Å²) in [5.41, 5.74) is 1.45. The highest BCUT2D eigenvalue weighted by Gasteiger charge is 2.09. The lowest BCUT2D eigenvalue weighted by atomic mass is 10.2. The first-order chi connectivity index (χ1) is 9.26. The number of carbonyl (C=O) groups excluding carboxylic acids is 1. The van der Waals surface area contributed by atoms with E-state index in [9.17, 15) is 4.79 Å². The van der Waals surface area contributed by atoms with Gasteiger partial charge in [0.2, 0.25) is 0 Å². The maximum atomic E-state index is 11.0. The Bertz CT molecular complexity index is 581. The van der Waals surface area contributed by atoms with Crippen LogP contribution in [0, 0.1) is 0 Å². The molecule has 19 heavy (non-hydrogen) atoms. The molecule has 3 nitrogen and oxygen atoms in total. The minimum absolute atomic E-state index is 0.341. The number of hydrogen-bond acceptors (Lipinski definition) is 3. The standard InChI is InChI=1S/C15H13BrO3/c1-18-14-8-3-2-5-12(14)10-19-15-11(9-17)6-4-7-13(15)16/h2-9H,10H2,1H3. The van der Waals surface area contributed by atoms with Gasteiger partial charge in [0.15, 0.2) is 6.29 Å². The molecule has 2 aromatic carbocycles. The summed E-state index contributed by atoms with van der Waals surface area (Å²) in [7, 11) is 1.62. The van der Waals surface area contributed by atoms with Gasteiger partial charge in [-0.15, -0.1) is 0 Å². The molecular formula is C15H13BrO3. The van der Waals surface area contributed by atoms with E-state index in [4.69, 9.17) is 9.47 Å². The second kappa shape index (κ2) is 6.38. The molecular weight excluding hydrogens is 308 g/mol. The van der Waals surface area contributed by atoms with Gasteiger partial charge in [-0.1, -0.05) is 24.3 Å². The molecule has 0 unspecified atom stereocenters. The number of halogens is 1. The van der Waals surface area contributed by atoms with Crippen LogP contribution in [0.4, 0.5) is 0 Å². The van der Waals surface area contributed by atoms with Crippen LogP contribution in [0.3, 0.4) is 0 Å². The molecule has 0 heterocycles. The second-order valence-corrected chi connectivity index (χ2v) is 4.73. The first kappa shape index (κ1) is 13.6. The number of rotatable bonds is 5. The monoisotopic (exact) mass is 320 g/mol. The fourth-order valence-corrected chi connectivity index (χ4v) is 2.24. The van der Waals surface area contributed by atoms with E-state index in [1.165, 1.54) is 0 Å². The molecule has 2 rings (SSSR count). The Hall–Kier alpha value is -1.81. The SMILES string of the molecule is COc1ccccc1COc1c(Br)cccc1C=O. The third kappa shape index (κ3) is 3.15. The summed E-state index contributed by atoms with van der Waals surface area (Å²) in [4.78, 5) is 11.0. The molecule has 0 aliphatic heterocycles. The van der Waals surface area contributed by atoms with E-state index in [-0.39, 0.29) is 0 Å². The smallest absolute Gasteiger partial charge is 0.153 e. The van der Waals surface area contributed by atoms with Gasteiger partial charge in [-0.25, -0.2) is 0 Å². The Morgan fingerprint density at radius 1 is 1.16 bits per heavy atom. The highest BCUT2D eigenvalue weighted by molar-refractivity contribution is 9.10. The summed E-state index contributed by atoms with van der Waals surface area (Å²) < 4.78 is 11.7. The fourth-order valence-electron chi connectivity index (χ4n) is 1.74. The van der Waals surface area contributed by atoms with Crippen LogP contribution >= 0.6 is 15.9 Å². The Morgan fingerprint density at radius 2 is 1.95 bits per heavy atom. The van der Waals surface area contributed by atoms with Crippen molar-refractivity contribution in [3.05, 3.63) is 58.1 Å². The Morgan fingerprint density at radius 3 is 2.68 bits per heavy atom. The maximum Gasteiger partial charge on any atom is 0.153 e. The average Bonchev–Trinajstić information content (AvgIpc) is 2.46. The predicted molar refractivity (Wildman–Crippen MR) is 76.9 cm³/mol. The summed E-state index contributed by atoms with van der Waals surface area (Å²) in [6.45, 7) is 0.341. The van der Waals surface area contributed by atoms with Crippen LogP contribution in [0.1, 0.15) is 15.9 Å². The van der Waals surface area contributed by atoms with Gasteiger partial charge in [-0.05, 0) is 34.1 Å². The molecule has 0 aliphatic carbocycles. The zero-order chi connectivity index (χ0) is 13.7. The zero-order valence-corrected chi connectivity index (χ0v) is 12.0. The Labute approximate surface area is 120 Å². The maximum absolute atomic E-state index is 11.0. The molecule has 0 aliphatic rings. The molecule has 0 bridgehead atoms. The van der Waals surface area contributed by atoms with Crippen LogP contribution in [0.15, 0.2) is 46.9 Å². The van der Waals surface area contributed by atoms with Crippen LogP contribution in [-0.2, 0) is 6.61 Å². The van der Waals surface area contributed by atoms with Crippen molar-refractivity contribution in [1.29, 1.82) is 0 Å². The van der Waals surface area contributed by atoms with Crippen molar-refractivity contribution in [2.45, 2.75) is 6.61 Å². The topological polar surface area (TPSA) is 35.5 Å². The highest BCUT2D eigenvalue weighted by atomic mass is 79.9. The number of hydrogen-bond donors (Lipinski definition) is 0. The van der Waals surface area contributed by atoms with Gasteiger partial charge in [0.1, 0.15) is 18.1 Å². The van der Waals surface area contributed by atoms with Gasteiger partial charge in [-0.3, -0.25) is 4.79 Å². The number of methoxy groups -OCH3 is 1. The molecule has 0 saturated heterocycles. The molecule has 98 valence electrons. The lowest BCUT2D eigenvalue weighted by Gasteiger charge is -2.12. The minimum atomic E-state index is 0.341. The van der Waals surface area contributed by atoms with E-state index in [1.54, 1.807) is 19.2 Å². The number of benzene rings is 2. The quantitative estimate of drug-likeness (QED) is 0.785. The predicted octanol–water partition coefficient (Wildman–Crippen LogP) is 3.85.